The largest absolute Gasteiger partial charge is 0.360 e. The first kappa shape index (κ1) is 17.5. The second kappa shape index (κ2) is 6.86. The second-order valence-corrected chi connectivity index (χ2v) is 7.13. The summed E-state index contributed by atoms with van der Waals surface area (Å²) in [6, 6.07) is 2.68. The SMILES string of the molecule is Cc1cc(CN(Cc2nccn2C)C2CC23CCNCC3)on1.Cl. The van der Waals surface area contributed by atoms with E-state index in [0.717, 1.165) is 43.5 Å². The van der Waals surface area contributed by atoms with Crippen LogP contribution in [0.15, 0.2) is 23.0 Å². The summed E-state index contributed by atoms with van der Waals surface area (Å²) in [7, 11) is 2.06. The average molecular weight is 352 g/mol. The number of halogens is 1. The average Bonchev–Trinajstić information content (AvgIpc) is 2.85. The van der Waals surface area contributed by atoms with E-state index in [4.69, 9.17) is 4.52 Å². The Morgan fingerprint density at radius 3 is 2.79 bits per heavy atom. The van der Waals surface area contributed by atoms with Crippen molar-refractivity contribution >= 4 is 12.4 Å². The smallest absolute Gasteiger partial charge is 0.150 e. The number of piperidine rings is 1. The lowest BCUT2D eigenvalue weighted by Crippen LogP contribution is -2.36. The fourth-order valence-corrected chi connectivity index (χ4v) is 4.00. The number of imidazole rings is 1. The molecule has 0 radical (unpaired) electrons. The van der Waals surface area contributed by atoms with Gasteiger partial charge in [-0.3, -0.25) is 4.90 Å². The predicted octanol–water partition coefficient (Wildman–Crippen LogP) is 2.28. The summed E-state index contributed by atoms with van der Waals surface area (Å²) >= 11 is 0. The molecule has 6 nitrogen and oxygen atoms in total. The number of aromatic nitrogens is 3. The minimum Gasteiger partial charge on any atom is -0.360 e. The highest BCUT2D eigenvalue weighted by Crippen LogP contribution is 2.56. The van der Waals surface area contributed by atoms with Crippen molar-refractivity contribution in [2.75, 3.05) is 13.1 Å². The lowest BCUT2D eigenvalue weighted by atomic mass is 9.93. The van der Waals surface area contributed by atoms with Crippen LogP contribution in [0.25, 0.3) is 0 Å². The molecule has 7 heteroatoms. The molecule has 1 atom stereocenters. The van der Waals surface area contributed by atoms with Gasteiger partial charge >= 0.3 is 0 Å². The molecule has 1 aliphatic heterocycles. The summed E-state index contributed by atoms with van der Waals surface area (Å²) in [4.78, 5) is 7.04. The van der Waals surface area contributed by atoms with Crippen molar-refractivity contribution < 1.29 is 4.52 Å². The Labute approximate surface area is 149 Å². The van der Waals surface area contributed by atoms with Crippen LogP contribution in [-0.2, 0) is 20.1 Å². The zero-order chi connectivity index (χ0) is 15.9. The van der Waals surface area contributed by atoms with Gasteiger partial charge in [0.25, 0.3) is 0 Å². The Bertz CT molecular complexity index is 676. The first-order chi connectivity index (χ1) is 11.2. The van der Waals surface area contributed by atoms with E-state index in [1.807, 2.05) is 25.4 Å². The van der Waals surface area contributed by atoms with Gasteiger partial charge in [-0.2, -0.15) is 0 Å². The Kier molecular flexibility index (Phi) is 4.99. The molecule has 0 bridgehead atoms. The van der Waals surface area contributed by atoms with Crippen LogP contribution >= 0.6 is 12.4 Å². The van der Waals surface area contributed by atoms with Crippen molar-refractivity contribution in [3.63, 3.8) is 0 Å². The zero-order valence-electron chi connectivity index (χ0n) is 14.4. The number of nitrogens with zero attached hydrogens (tertiary/aromatic N) is 4. The molecular formula is C17H26ClN5O. The molecule has 1 aliphatic carbocycles. The van der Waals surface area contributed by atoms with Crippen LogP contribution in [0, 0.1) is 12.3 Å². The Hall–Kier alpha value is -1.37. The van der Waals surface area contributed by atoms with Crippen molar-refractivity contribution in [2.24, 2.45) is 12.5 Å². The van der Waals surface area contributed by atoms with E-state index in [1.165, 1.54) is 19.3 Å². The Morgan fingerprint density at radius 2 is 2.17 bits per heavy atom. The van der Waals surface area contributed by atoms with E-state index in [1.54, 1.807) is 0 Å². The first-order valence-corrected chi connectivity index (χ1v) is 8.49. The molecule has 1 spiro atoms. The van der Waals surface area contributed by atoms with Crippen molar-refractivity contribution in [1.29, 1.82) is 0 Å². The highest BCUT2D eigenvalue weighted by molar-refractivity contribution is 5.85. The molecule has 2 aromatic heterocycles. The van der Waals surface area contributed by atoms with Crippen molar-refractivity contribution in [1.82, 2.24) is 24.9 Å². The quantitative estimate of drug-likeness (QED) is 0.895. The molecule has 1 saturated heterocycles. The summed E-state index contributed by atoms with van der Waals surface area (Å²) in [5.41, 5.74) is 1.45. The van der Waals surface area contributed by atoms with Crippen molar-refractivity contribution in [3.05, 3.63) is 35.7 Å². The minimum absolute atomic E-state index is 0. The minimum atomic E-state index is 0. The second-order valence-electron chi connectivity index (χ2n) is 7.13. The molecule has 2 aromatic rings. The van der Waals surface area contributed by atoms with Gasteiger partial charge in [0, 0.05) is 31.5 Å². The van der Waals surface area contributed by atoms with Gasteiger partial charge in [0.2, 0.25) is 0 Å². The maximum absolute atomic E-state index is 5.47. The van der Waals surface area contributed by atoms with Crippen LogP contribution < -0.4 is 5.32 Å². The highest BCUT2D eigenvalue weighted by Gasteiger charge is 2.56. The van der Waals surface area contributed by atoms with Crippen LogP contribution in [-0.4, -0.2) is 38.7 Å². The fourth-order valence-electron chi connectivity index (χ4n) is 4.00. The van der Waals surface area contributed by atoms with E-state index < -0.39 is 0 Å². The topological polar surface area (TPSA) is 59.1 Å². The Balaban J connectivity index is 0.00000169. The van der Waals surface area contributed by atoms with Crippen LogP contribution in [0.1, 0.15) is 36.5 Å². The first-order valence-electron chi connectivity index (χ1n) is 8.49. The molecule has 2 aliphatic rings. The van der Waals surface area contributed by atoms with Gasteiger partial charge in [-0.15, -0.1) is 12.4 Å². The maximum atomic E-state index is 5.47. The molecule has 0 aromatic carbocycles. The number of hydrogen-bond acceptors (Lipinski definition) is 5. The molecule has 1 N–H and O–H groups in total. The van der Waals surface area contributed by atoms with Gasteiger partial charge in [0.05, 0.1) is 18.8 Å². The van der Waals surface area contributed by atoms with Gasteiger partial charge in [0.15, 0.2) is 5.76 Å². The number of aryl methyl sites for hydroxylation is 2. The number of nitrogens with one attached hydrogen (secondary N) is 1. The van der Waals surface area contributed by atoms with E-state index in [-0.39, 0.29) is 12.4 Å². The molecule has 1 unspecified atom stereocenters. The molecule has 1 saturated carbocycles. The van der Waals surface area contributed by atoms with E-state index in [9.17, 15) is 0 Å². The van der Waals surface area contributed by atoms with Gasteiger partial charge in [0.1, 0.15) is 5.82 Å². The predicted molar refractivity (Wildman–Crippen MR) is 93.9 cm³/mol. The zero-order valence-corrected chi connectivity index (χ0v) is 15.2. The van der Waals surface area contributed by atoms with Crippen LogP contribution in [0.4, 0.5) is 0 Å². The molecule has 2 fully saturated rings. The lowest BCUT2D eigenvalue weighted by molar-refractivity contribution is 0.166. The summed E-state index contributed by atoms with van der Waals surface area (Å²) in [6.45, 7) is 5.94. The van der Waals surface area contributed by atoms with Crippen molar-refractivity contribution in [3.8, 4) is 0 Å². The fraction of sp³-hybridized carbons (Fsp3) is 0.647. The van der Waals surface area contributed by atoms with Crippen molar-refractivity contribution in [2.45, 2.75) is 45.3 Å². The van der Waals surface area contributed by atoms with Gasteiger partial charge in [-0.25, -0.2) is 4.98 Å². The van der Waals surface area contributed by atoms with Gasteiger partial charge in [-0.05, 0) is 44.7 Å². The van der Waals surface area contributed by atoms with Gasteiger partial charge < -0.3 is 14.4 Å². The molecule has 132 valence electrons. The van der Waals surface area contributed by atoms with Crippen LogP contribution in [0.2, 0.25) is 0 Å². The molecular weight excluding hydrogens is 326 g/mol. The number of rotatable bonds is 5. The molecule has 24 heavy (non-hydrogen) atoms. The summed E-state index contributed by atoms with van der Waals surface area (Å²) < 4.78 is 7.57. The lowest BCUT2D eigenvalue weighted by Gasteiger charge is -2.28. The van der Waals surface area contributed by atoms with E-state index in [0.29, 0.717) is 11.5 Å². The third-order valence-corrected chi connectivity index (χ3v) is 5.49. The normalized spacial score (nSPS) is 21.9. The molecule has 3 heterocycles. The third-order valence-electron chi connectivity index (χ3n) is 5.49. The molecule has 4 rings (SSSR count). The third kappa shape index (κ3) is 3.36. The maximum Gasteiger partial charge on any atom is 0.150 e. The highest BCUT2D eigenvalue weighted by atomic mass is 35.5. The summed E-state index contributed by atoms with van der Waals surface area (Å²) in [5.74, 6) is 2.06. The van der Waals surface area contributed by atoms with E-state index in [2.05, 4.69) is 32.0 Å². The van der Waals surface area contributed by atoms with Gasteiger partial charge in [-0.1, -0.05) is 5.16 Å². The van der Waals surface area contributed by atoms with E-state index >= 15 is 0 Å². The summed E-state index contributed by atoms with van der Waals surface area (Å²) in [5, 5.41) is 7.52. The Morgan fingerprint density at radius 1 is 1.38 bits per heavy atom. The van der Waals surface area contributed by atoms with Crippen LogP contribution in [0.5, 0.6) is 0 Å². The van der Waals surface area contributed by atoms with Crippen LogP contribution in [0.3, 0.4) is 0 Å². The number of hydrogen-bond donors (Lipinski definition) is 1. The summed E-state index contributed by atoms with van der Waals surface area (Å²) in [6.07, 6.45) is 7.75. The molecule has 0 amide bonds. The standard InChI is InChI=1S/C17H25N5O.ClH/c1-13-9-14(23-20-13)11-22(12-16-19-7-8-21(16)2)15-10-17(15)3-5-18-6-4-17;/h7-9,15,18H,3-6,10-12H2,1-2H3;1H. The monoisotopic (exact) mass is 351 g/mol.